The SMILES string of the molecule is CCn1ncc(N)c1C(=O)Nc1ccccc1C(=O)OC. The average Bonchev–Trinajstić information content (AvgIpc) is 2.88. The number of hydrogen-bond acceptors (Lipinski definition) is 5. The minimum atomic E-state index is -0.525. The van der Waals surface area contributed by atoms with E-state index in [9.17, 15) is 9.59 Å². The molecule has 0 saturated heterocycles. The third-order valence-corrected chi connectivity index (χ3v) is 2.96. The number of aromatic nitrogens is 2. The molecule has 1 aromatic heterocycles. The van der Waals surface area contributed by atoms with E-state index in [1.165, 1.54) is 18.0 Å². The molecule has 0 aliphatic heterocycles. The number of nitrogens with zero attached hydrogens (tertiary/aromatic N) is 2. The van der Waals surface area contributed by atoms with Crippen molar-refractivity contribution in [2.24, 2.45) is 0 Å². The molecule has 0 aliphatic rings. The molecule has 0 atom stereocenters. The topological polar surface area (TPSA) is 99.2 Å². The molecule has 2 aromatic rings. The molecule has 7 heteroatoms. The fourth-order valence-corrected chi connectivity index (χ4v) is 1.95. The Morgan fingerprint density at radius 1 is 1.38 bits per heavy atom. The molecule has 0 saturated carbocycles. The Balaban J connectivity index is 2.32. The van der Waals surface area contributed by atoms with Crippen LogP contribution >= 0.6 is 0 Å². The molecule has 1 aromatic carbocycles. The molecule has 0 spiro atoms. The fraction of sp³-hybridized carbons (Fsp3) is 0.214. The predicted octanol–water partition coefficient (Wildman–Crippen LogP) is 1.52. The molecular weight excluding hydrogens is 272 g/mol. The van der Waals surface area contributed by atoms with Gasteiger partial charge in [0.1, 0.15) is 5.69 Å². The zero-order chi connectivity index (χ0) is 15.4. The molecular formula is C14H16N4O3. The molecule has 0 unspecified atom stereocenters. The number of benzene rings is 1. The van der Waals surface area contributed by atoms with E-state index in [4.69, 9.17) is 5.73 Å². The zero-order valence-corrected chi connectivity index (χ0v) is 11.8. The van der Waals surface area contributed by atoms with Crippen LogP contribution in [0.4, 0.5) is 11.4 Å². The molecule has 2 rings (SSSR count). The van der Waals surface area contributed by atoms with Gasteiger partial charge in [-0.05, 0) is 19.1 Å². The van der Waals surface area contributed by atoms with Crippen molar-refractivity contribution < 1.29 is 14.3 Å². The molecule has 110 valence electrons. The summed E-state index contributed by atoms with van der Waals surface area (Å²) in [5.74, 6) is -0.953. The van der Waals surface area contributed by atoms with Gasteiger partial charge in [0.15, 0.2) is 0 Å². The van der Waals surface area contributed by atoms with Crippen molar-refractivity contribution in [2.45, 2.75) is 13.5 Å². The number of carbonyl (C=O) groups is 2. The lowest BCUT2D eigenvalue weighted by molar-refractivity contribution is 0.0602. The minimum Gasteiger partial charge on any atom is -0.465 e. The van der Waals surface area contributed by atoms with Crippen LogP contribution in [-0.2, 0) is 11.3 Å². The molecule has 3 N–H and O–H groups in total. The Kier molecular flexibility index (Phi) is 4.22. The first-order valence-corrected chi connectivity index (χ1v) is 6.38. The summed E-state index contributed by atoms with van der Waals surface area (Å²) >= 11 is 0. The quantitative estimate of drug-likeness (QED) is 0.831. The van der Waals surface area contributed by atoms with Crippen molar-refractivity contribution in [2.75, 3.05) is 18.2 Å². The predicted molar refractivity (Wildman–Crippen MR) is 78.0 cm³/mol. The largest absolute Gasteiger partial charge is 0.465 e. The van der Waals surface area contributed by atoms with Crippen molar-refractivity contribution in [3.63, 3.8) is 0 Å². The number of anilines is 2. The highest BCUT2D eigenvalue weighted by Gasteiger charge is 2.19. The lowest BCUT2D eigenvalue weighted by Crippen LogP contribution is -2.20. The van der Waals surface area contributed by atoms with Gasteiger partial charge < -0.3 is 15.8 Å². The summed E-state index contributed by atoms with van der Waals surface area (Å²) in [4.78, 5) is 24.0. The molecule has 21 heavy (non-hydrogen) atoms. The second-order valence-corrected chi connectivity index (χ2v) is 4.26. The van der Waals surface area contributed by atoms with Gasteiger partial charge in [-0.1, -0.05) is 12.1 Å². The van der Waals surface area contributed by atoms with Crippen molar-refractivity contribution in [3.05, 3.63) is 41.7 Å². The number of amides is 1. The number of nitrogens with one attached hydrogen (secondary N) is 1. The first kappa shape index (κ1) is 14.6. The second-order valence-electron chi connectivity index (χ2n) is 4.26. The van der Waals surface area contributed by atoms with Crippen LogP contribution in [0.3, 0.4) is 0 Å². The molecule has 7 nitrogen and oxygen atoms in total. The van der Waals surface area contributed by atoms with Crippen molar-refractivity contribution in [1.82, 2.24) is 9.78 Å². The third kappa shape index (κ3) is 2.86. The van der Waals surface area contributed by atoms with Gasteiger partial charge >= 0.3 is 5.97 Å². The van der Waals surface area contributed by atoms with Crippen LogP contribution in [0.2, 0.25) is 0 Å². The summed E-state index contributed by atoms with van der Waals surface area (Å²) in [6, 6.07) is 6.59. The van der Waals surface area contributed by atoms with E-state index in [1.54, 1.807) is 24.3 Å². The molecule has 0 bridgehead atoms. The van der Waals surface area contributed by atoms with Crippen LogP contribution in [0.25, 0.3) is 0 Å². The number of hydrogen-bond donors (Lipinski definition) is 2. The molecule has 0 fully saturated rings. The maximum Gasteiger partial charge on any atom is 0.339 e. The molecule has 0 radical (unpaired) electrons. The number of nitrogens with two attached hydrogens (primary N) is 1. The zero-order valence-electron chi connectivity index (χ0n) is 11.8. The van der Waals surface area contributed by atoms with Crippen LogP contribution in [-0.4, -0.2) is 28.8 Å². The second kappa shape index (κ2) is 6.08. The summed E-state index contributed by atoms with van der Waals surface area (Å²) < 4.78 is 6.18. The number of methoxy groups -OCH3 is 1. The monoisotopic (exact) mass is 288 g/mol. The highest BCUT2D eigenvalue weighted by atomic mass is 16.5. The van der Waals surface area contributed by atoms with E-state index >= 15 is 0 Å². The Labute approximate surface area is 121 Å². The van der Waals surface area contributed by atoms with E-state index in [2.05, 4.69) is 15.2 Å². The molecule has 1 amide bonds. The van der Waals surface area contributed by atoms with E-state index in [1.807, 2.05) is 6.92 Å². The van der Waals surface area contributed by atoms with E-state index in [0.717, 1.165) is 0 Å². The highest BCUT2D eigenvalue weighted by molar-refractivity contribution is 6.09. The van der Waals surface area contributed by atoms with Gasteiger partial charge in [0, 0.05) is 6.54 Å². The lowest BCUT2D eigenvalue weighted by Gasteiger charge is -2.10. The first-order valence-electron chi connectivity index (χ1n) is 6.38. The number of rotatable bonds is 4. The maximum atomic E-state index is 12.3. The Morgan fingerprint density at radius 3 is 2.76 bits per heavy atom. The average molecular weight is 288 g/mol. The molecule has 1 heterocycles. The number of nitrogen functional groups attached to an aromatic ring is 1. The summed E-state index contributed by atoms with van der Waals surface area (Å²) in [6.45, 7) is 2.37. The van der Waals surface area contributed by atoms with Gasteiger partial charge in [-0.25, -0.2) is 4.79 Å². The Hall–Kier alpha value is -2.83. The van der Waals surface area contributed by atoms with Gasteiger partial charge in [-0.2, -0.15) is 5.10 Å². The van der Waals surface area contributed by atoms with Gasteiger partial charge in [-0.3, -0.25) is 9.48 Å². The van der Waals surface area contributed by atoms with Crippen molar-refractivity contribution >= 4 is 23.3 Å². The van der Waals surface area contributed by atoms with E-state index in [0.29, 0.717) is 12.2 Å². The standard InChI is InChI=1S/C14H16N4O3/c1-3-18-12(10(15)8-16-18)13(19)17-11-7-5-4-6-9(11)14(20)21-2/h4-8H,3,15H2,1-2H3,(H,17,19). The van der Waals surface area contributed by atoms with Crippen LogP contribution in [0.1, 0.15) is 27.8 Å². The fourth-order valence-electron chi connectivity index (χ4n) is 1.95. The number of aryl methyl sites for hydroxylation is 1. The van der Waals surface area contributed by atoms with E-state index < -0.39 is 11.9 Å². The van der Waals surface area contributed by atoms with Gasteiger partial charge in [0.2, 0.25) is 0 Å². The smallest absolute Gasteiger partial charge is 0.339 e. The third-order valence-electron chi connectivity index (χ3n) is 2.96. The maximum absolute atomic E-state index is 12.3. The number of carbonyl (C=O) groups excluding carboxylic acids is 2. The lowest BCUT2D eigenvalue weighted by atomic mass is 10.1. The van der Waals surface area contributed by atoms with Crippen LogP contribution in [0, 0.1) is 0 Å². The number of para-hydroxylation sites is 1. The van der Waals surface area contributed by atoms with Gasteiger partial charge in [0.05, 0.1) is 30.2 Å². The van der Waals surface area contributed by atoms with Crippen LogP contribution in [0.5, 0.6) is 0 Å². The highest BCUT2D eigenvalue weighted by Crippen LogP contribution is 2.19. The summed E-state index contributed by atoms with van der Waals surface area (Å²) in [5, 5.41) is 6.67. The summed E-state index contributed by atoms with van der Waals surface area (Å²) in [5.41, 5.74) is 6.93. The van der Waals surface area contributed by atoms with Crippen LogP contribution in [0.15, 0.2) is 30.5 Å². The van der Waals surface area contributed by atoms with Crippen molar-refractivity contribution in [3.8, 4) is 0 Å². The molecule has 0 aliphatic carbocycles. The number of esters is 1. The van der Waals surface area contributed by atoms with Gasteiger partial charge in [0.25, 0.3) is 5.91 Å². The van der Waals surface area contributed by atoms with Crippen LogP contribution < -0.4 is 11.1 Å². The Morgan fingerprint density at radius 2 is 2.10 bits per heavy atom. The summed E-state index contributed by atoms with van der Waals surface area (Å²) in [7, 11) is 1.28. The summed E-state index contributed by atoms with van der Waals surface area (Å²) in [6.07, 6.45) is 1.42. The van der Waals surface area contributed by atoms with Crippen molar-refractivity contribution in [1.29, 1.82) is 0 Å². The normalized spacial score (nSPS) is 10.2. The Bertz CT molecular complexity index is 679. The minimum absolute atomic E-state index is 0.261. The number of ether oxygens (including phenoxy) is 1. The van der Waals surface area contributed by atoms with E-state index in [-0.39, 0.29) is 16.9 Å². The van der Waals surface area contributed by atoms with Gasteiger partial charge in [-0.15, -0.1) is 0 Å². The first-order chi connectivity index (χ1) is 10.1.